The van der Waals surface area contributed by atoms with E-state index in [-0.39, 0.29) is 0 Å². The van der Waals surface area contributed by atoms with Crippen molar-refractivity contribution in [3.05, 3.63) is 54.1 Å². The summed E-state index contributed by atoms with van der Waals surface area (Å²) < 4.78 is 10.6. The van der Waals surface area contributed by atoms with Gasteiger partial charge >= 0.3 is 11.8 Å². The number of hydrazone groups is 1. The fourth-order valence-corrected chi connectivity index (χ4v) is 2.09. The van der Waals surface area contributed by atoms with Gasteiger partial charge in [0, 0.05) is 11.8 Å². The van der Waals surface area contributed by atoms with Gasteiger partial charge in [-0.3, -0.25) is 9.59 Å². The molecule has 0 saturated heterocycles. The van der Waals surface area contributed by atoms with Gasteiger partial charge in [0.2, 0.25) is 0 Å². The van der Waals surface area contributed by atoms with Gasteiger partial charge in [-0.25, -0.2) is 5.43 Å². The number of methoxy groups -OCH3 is 1. The third-order valence-electron chi connectivity index (χ3n) is 3.56. The molecule has 7 nitrogen and oxygen atoms in total. The van der Waals surface area contributed by atoms with Gasteiger partial charge in [0.15, 0.2) is 0 Å². The lowest BCUT2D eigenvalue weighted by Crippen LogP contribution is -2.32. The van der Waals surface area contributed by atoms with Crippen LogP contribution in [-0.4, -0.2) is 31.7 Å². The van der Waals surface area contributed by atoms with Gasteiger partial charge in [-0.2, -0.15) is 5.10 Å². The Labute approximate surface area is 158 Å². The van der Waals surface area contributed by atoms with Crippen molar-refractivity contribution < 1.29 is 19.1 Å². The molecule has 142 valence electrons. The molecule has 0 aliphatic rings. The molecular weight excluding hydrogens is 346 g/mol. The van der Waals surface area contributed by atoms with E-state index in [1.165, 1.54) is 13.3 Å². The zero-order chi connectivity index (χ0) is 19.5. The lowest BCUT2D eigenvalue weighted by molar-refractivity contribution is -0.136. The Bertz CT molecular complexity index is 788. The maximum absolute atomic E-state index is 11.9. The molecule has 2 aromatic rings. The van der Waals surface area contributed by atoms with E-state index >= 15 is 0 Å². The first-order valence-electron chi connectivity index (χ1n) is 8.63. The summed E-state index contributed by atoms with van der Waals surface area (Å²) in [5.74, 6) is -0.329. The second-order valence-corrected chi connectivity index (χ2v) is 5.66. The van der Waals surface area contributed by atoms with E-state index in [1.807, 2.05) is 24.3 Å². The van der Waals surface area contributed by atoms with E-state index in [0.29, 0.717) is 18.0 Å². The molecule has 2 rings (SSSR count). The maximum atomic E-state index is 11.9. The summed E-state index contributed by atoms with van der Waals surface area (Å²) >= 11 is 0. The number of carbonyl (C=O) groups excluding carboxylic acids is 2. The minimum atomic E-state index is -0.867. The lowest BCUT2D eigenvalue weighted by atomic mass is 10.2. The molecule has 0 unspecified atom stereocenters. The molecule has 2 aromatic carbocycles. The van der Waals surface area contributed by atoms with E-state index < -0.39 is 11.8 Å². The molecule has 0 heterocycles. The Kier molecular flexibility index (Phi) is 7.84. The summed E-state index contributed by atoms with van der Waals surface area (Å²) in [5, 5.41) is 6.27. The minimum Gasteiger partial charge on any atom is -0.497 e. The van der Waals surface area contributed by atoms with Crippen LogP contribution >= 0.6 is 0 Å². The first-order chi connectivity index (χ1) is 13.1. The Morgan fingerprint density at radius 1 is 1.07 bits per heavy atom. The normalized spacial score (nSPS) is 10.4. The second-order valence-electron chi connectivity index (χ2n) is 5.66. The van der Waals surface area contributed by atoms with E-state index in [9.17, 15) is 9.59 Å². The second kappa shape index (κ2) is 10.6. The molecule has 0 spiro atoms. The van der Waals surface area contributed by atoms with Crippen molar-refractivity contribution >= 4 is 23.7 Å². The summed E-state index contributed by atoms with van der Waals surface area (Å²) in [5.41, 5.74) is 3.42. The monoisotopic (exact) mass is 369 g/mol. The Balaban J connectivity index is 1.82. The quantitative estimate of drug-likeness (QED) is 0.324. The van der Waals surface area contributed by atoms with Crippen molar-refractivity contribution in [3.63, 3.8) is 0 Å². The van der Waals surface area contributed by atoms with Crippen LogP contribution in [0.2, 0.25) is 0 Å². The summed E-state index contributed by atoms with van der Waals surface area (Å²) in [6.07, 6.45) is 3.54. The standard InChI is InChI=1S/C20H23N3O4/c1-3-4-12-27-17-10-8-15(9-11-17)14-21-23-20(25)19(24)22-16-6-5-7-18(13-16)26-2/h5-11,13-14H,3-4,12H2,1-2H3,(H,22,24)(H,23,25)/b21-14+. The van der Waals surface area contributed by atoms with Gasteiger partial charge < -0.3 is 14.8 Å². The number of anilines is 1. The number of nitrogens with zero attached hydrogens (tertiary/aromatic N) is 1. The van der Waals surface area contributed by atoms with Gasteiger partial charge in [0.05, 0.1) is 19.9 Å². The van der Waals surface area contributed by atoms with Crippen LogP contribution < -0.4 is 20.2 Å². The van der Waals surface area contributed by atoms with E-state index in [1.54, 1.807) is 24.3 Å². The molecule has 0 atom stereocenters. The summed E-state index contributed by atoms with van der Waals surface area (Å²) in [4.78, 5) is 23.7. The van der Waals surface area contributed by atoms with Crippen LogP contribution in [0.1, 0.15) is 25.3 Å². The molecular formula is C20H23N3O4. The lowest BCUT2D eigenvalue weighted by Gasteiger charge is -2.06. The largest absolute Gasteiger partial charge is 0.497 e. The zero-order valence-corrected chi connectivity index (χ0v) is 15.4. The SMILES string of the molecule is CCCCOc1ccc(/C=N/NC(=O)C(=O)Nc2cccc(OC)c2)cc1. The average molecular weight is 369 g/mol. The van der Waals surface area contributed by atoms with Crippen LogP contribution in [0.5, 0.6) is 11.5 Å². The summed E-state index contributed by atoms with van der Waals surface area (Å²) in [6, 6.07) is 14.0. The molecule has 27 heavy (non-hydrogen) atoms. The average Bonchev–Trinajstić information content (AvgIpc) is 2.69. The zero-order valence-electron chi connectivity index (χ0n) is 15.4. The highest BCUT2D eigenvalue weighted by Crippen LogP contribution is 2.16. The third-order valence-corrected chi connectivity index (χ3v) is 3.56. The number of benzene rings is 2. The van der Waals surface area contributed by atoms with Gasteiger partial charge in [-0.15, -0.1) is 0 Å². The number of hydrogen-bond acceptors (Lipinski definition) is 5. The molecule has 0 radical (unpaired) electrons. The fraction of sp³-hybridized carbons (Fsp3) is 0.250. The van der Waals surface area contributed by atoms with E-state index in [4.69, 9.17) is 9.47 Å². The predicted molar refractivity (Wildman–Crippen MR) is 104 cm³/mol. The number of carbonyl (C=O) groups is 2. The number of amides is 2. The summed E-state index contributed by atoms with van der Waals surface area (Å²) in [7, 11) is 1.52. The van der Waals surface area contributed by atoms with E-state index in [0.717, 1.165) is 24.2 Å². The molecule has 2 N–H and O–H groups in total. The first kappa shape index (κ1) is 20.0. The number of hydrogen-bond donors (Lipinski definition) is 2. The van der Waals surface area contributed by atoms with Crippen LogP contribution in [0.4, 0.5) is 5.69 Å². The molecule has 7 heteroatoms. The van der Waals surface area contributed by atoms with Crippen LogP contribution in [0.15, 0.2) is 53.6 Å². The van der Waals surface area contributed by atoms with Crippen LogP contribution in [0.25, 0.3) is 0 Å². The van der Waals surface area contributed by atoms with Gasteiger partial charge in [-0.1, -0.05) is 19.4 Å². The van der Waals surface area contributed by atoms with Crippen LogP contribution in [0, 0.1) is 0 Å². The minimum absolute atomic E-state index is 0.456. The van der Waals surface area contributed by atoms with E-state index in [2.05, 4.69) is 22.8 Å². The van der Waals surface area contributed by atoms with Gasteiger partial charge in [-0.05, 0) is 48.4 Å². The maximum Gasteiger partial charge on any atom is 0.329 e. The van der Waals surface area contributed by atoms with Gasteiger partial charge in [0.25, 0.3) is 0 Å². The fourth-order valence-electron chi connectivity index (χ4n) is 2.09. The number of unbranched alkanes of at least 4 members (excludes halogenated alkanes) is 1. The Hall–Kier alpha value is -3.35. The number of nitrogens with one attached hydrogen (secondary N) is 2. The molecule has 0 bridgehead atoms. The van der Waals surface area contributed by atoms with Crippen LogP contribution in [0.3, 0.4) is 0 Å². The highest BCUT2D eigenvalue weighted by atomic mass is 16.5. The van der Waals surface area contributed by atoms with Crippen molar-refractivity contribution in [2.24, 2.45) is 5.10 Å². The van der Waals surface area contributed by atoms with Crippen LogP contribution in [-0.2, 0) is 9.59 Å². The molecule has 2 amide bonds. The molecule has 0 aromatic heterocycles. The van der Waals surface area contributed by atoms with Crippen molar-refractivity contribution in [3.8, 4) is 11.5 Å². The van der Waals surface area contributed by atoms with Crippen molar-refractivity contribution in [2.45, 2.75) is 19.8 Å². The highest BCUT2D eigenvalue weighted by molar-refractivity contribution is 6.39. The molecule has 0 saturated carbocycles. The third kappa shape index (κ3) is 6.81. The number of ether oxygens (including phenoxy) is 2. The Morgan fingerprint density at radius 3 is 2.56 bits per heavy atom. The number of rotatable bonds is 8. The molecule has 0 aliphatic heterocycles. The van der Waals surface area contributed by atoms with Crippen molar-refractivity contribution in [1.29, 1.82) is 0 Å². The Morgan fingerprint density at radius 2 is 1.85 bits per heavy atom. The smallest absolute Gasteiger partial charge is 0.329 e. The topological polar surface area (TPSA) is 89.0 Å². The first-order valence-corrected chi connectivity index (χ1v) is 8.63. The van der Waals surface area contributed by atoms with Gasteiger partial charge in [0.1, 0.15) is 11.5 Å². The van der Waals surface area contributed by atoms with Crippen molar-refractivity contribution in [1.82, 2.24) is 5.43 Å². The highest BCUT2D eigenvalue weighted by Gasteiger charge is 2.13. The summed E-state index contributed by atoms with van der Waals surface area (Å²) in [6.45, 7) is 2.79. The predicted octanol–water partition coefficient (Wildman–Crippen LogP) is 2.96. The molecule has 0 fully saturated rings. The van der Waals surface area contributed by atoms with Crippen molar-refractivity contribution in [2.75, 3.05) is 19.0 Å². The molecule has 0 aliphatic carbocycles.